The molecule has 1 aromatic heterocycles. The minimum Gasteiger partial charge on any atom is -0.336 e. The first kappa shape index (κ1) is 15.8. The van der Waals surface area contributed by atoms with Gasteiger partial charge in [-0.25, -0.2) is 9.07 Å². The Morgan fingerprint density at radius 3 is 2.57 bits per heavy atom. The Balaban J connectivity index is 1.69. The molecule has 0 saturated heterocycles. The zero-order chi connectivity index (χ0) is 16.2. The van der Waals surface area contributed by atoms with Crippen molar-refractivity contribution in [1.82, 2.24) is 14.9 Å². The molecular weight excluding hydrogens is 335 g/mol. The van der Waals surface area contributed by atoms with Crippen molar-refractivity contribution in [1.29, 1.82) is 0 Å². The van der Waals surface area contributed by atoms with Gasteiger partial charge in [-0.2, -0.15) is 0 Å². The molecule has 3 rings (SSSR count). The van der Waals surface area contributed by atoms with Crippen LogP contribution in [0.25, 0.3) is 0 Å². The van der Waals surface area contributed by atoms with E-state index in [9.17, 15) is 4.39 Å². The fourth-order valence-electron chi connectivity index (χ4n) is 2.07. The molecule has 0 bridgehead atoms. The maximum absolute atomic E-state index is 13.6. The summed E-state index contributed by atoms with van der Waals surface area (Å²) in [4.78, 5) is 0. The van der Waals surface area contributed by atoms with E-state index < -0.39 is 0 Å². The lowest BCUT2D eigenvalue weighted by Gasteiger charge is -2.05. The molecule has 0 atom stereocenters. The molecule has 2 N–H and O–H groups in total. The summed E-state index contributed by atoms with van der Waals surface area (Å²) in [5.74, 6) is 6.89. The number of benzene rings is 2. The van der Waals surface area contributed by atoms with Crippen molar-refractivity contribution in [2.24, 2.45) is 0 Å². The van der Waals surface area contributed by atoms with Crippen molar-refractivity contribution in [2.45, 2.75) is 17.3 Å². The number of nitrogens with two attached hydrogens (primary N) is 1. The van der Waals surface area contributed by atoms with E-state index in [1.807, 2.05) is 24.3 Å². The molecule has 2 aromatic carbocycles. The number of rotatable bonds is 5. The second kappa shape index (κ2) is 7.02. The van der Waals surface area contributed by atoms with Crippen molar-refractivity contribution in [3.8, 4) is 0 Å². The van der Waals surface area contributed by atoms with Crippen LogP contribution in [0.15, 0.2) is 53.7 Å². The van der Waals surface area contributed by atoms with E-state index in [-0.39, 0.29) is 5.82 Å². The third-order valence-electron chi connectivity index (χ3n) is 3.33. The van der Waals surface area contributed by atoms with Crippen molar-refractivity contribution >= 4 is 23.4 Å². The summed E-state index contributed by atoms with van der Waals surface area (Å²) in [5, 5.41) is 9.42. The van der Waals surface area contributed by atoms with Gasteiger partial charge < -0.3 is 5.84 Å². The van der Waals surface area contributed by atoms with Gasteiger partial charge in [0.15, 0.2) is 5.82 Å². The van der Waals surface area contributed by atoms with Gasteiger partial charge in [-0.3, -0.25) is 0 Å². The van der Waals surface area contributed by atoms with E-state index in [0.717, 1.165) is 5.56 Å². The summed E-state index contributed by atoms with van der Waals surface area (Å²) >= 11 is 7.22. The molecule has 0 amide bonds. The Morgan fingerprint density at radius 2 is 1.83 bits per heavy atom. The normalized spacial score (nSPS) is 10.9. The number of aromatic nitrogens is 3. The summed E-state index contributed by atoms with van der Waals surface area (Å²) < 4.78 is 15.1. The molecule has 0 saturated carbocycles. The predicted molar refractivity (Wildman–Crippen MR) is 90.4 cm³/mol. The van der Waals surface area contributed by atoms with E-state index in [4.69, 9.17) is 17.4 Å². The molecule has 0 spiro atoms. The monoisotopic (exact) mass is 348 g/mol. The van der Waals surface area contributed by atoms with Crippen molar-refractivity contribution < 1.29 is 4.39 Å². The SMILES string of the molecule is Nn1c(Cc2ccc(Cl)cc2)nnc1SCc1ccccc1F. The number of hydrogen-bond donors (Lipinski definition) is 1. The molecule has 23 heavy (non-hydrogen) atoms. The average molecular weight is 349 g/mol. The third-order valence-corrected chi connectivity index (χ3v) is 4.57. The Hall–Kier alpha value is -2.05. The van der Waals surface area contributed by atoms with Crippen LogP contribution in [-0.4, -0.2) is 14.9 Å². The Kier molecular flexibility index (Phi) is 4.83. The maximum atomic E-state index is 13.6. The van der Waals surface area contributed by atoms with Crippen LogP contribution in [-0.2, 0) is 12.2 Å². The van der Waals surface area contributed by atoms with Gasteiger partial charge in [0.05, 0.1) is 0 Å². The van der Waals surface area contributed by atoms with Gasteiger partial charge >= 0.3 is 0 Å². The van der Waals surface area contributed by atoms with Crippen LogP contribution in [0.4, 0.5) is 4.39 Å². The lowest BCUT2D eigenvalue weighted by molar-refractivity contribution is 0.617. The second-order valence-electron chi connectivity index (χ2n) is 4.95. The first-order valence-electron chi connectivity index (χ1n) is 6.93. The standard InChI is InChI=1S/C16H14ClFN4S/c17-13-7-5-11(6-8-13)9-15-20-21-16(22(15)19)23-10-12-3-1-2-4-14(12)18/h1-8H,9-10,19H2. The molecule has 7 heteroatoms. The topological polar surface area (TPSA) is 56.7 Å². The first-order valence-corrected chi connectivity index (χ1v) is 8.30. The van der Waals surface area contributed by atoms with Gasteiger partial charge in [-0.1, -0.05) is 53.7 Å². The number of thioether (sulfide) groups is 1. The van der Waals surface area contributed by atoms with Crippen LogP contribution in [0.1, 0.15) is 17.0 Å². The van der Waals surface area contributed by atoms with E-state index in [1.165, 1.54) is 22.5 Å². The smallest absolute Gasteiger partial charge is 0.210 e. The summed E-state index contributed by atoms with van der Waals surface area (Å²) in [6.45, 7) is 0. The fraction of sp³-hybridized carbons (Fsp3) is 0.125. The first-order chi connectivity index (χ1) is 11.1. The Morgan fingerprint density at radius 1 is 1.09 bits per heavy atom. The minimum atomic E-state index is -0.232. The molecule has 1 heterocycles. The number of nitrogens with zero attached hydrogens (tertiary/aromatic N) is 3. The highest BCUT2D eigenvalue weighted by molar-refractivity contribution is 7.98. The minimum absolute atomic E-state index is 0.232. The van der Waals surface area contributed by atoms with Crippen LogP contribution in [0, 0.1) is 5.82 Å². The molecule has 0 unspecified atom stereocenters. The molecule has 118 valence electrons. The molecule has 3 aromatic rings. The maximum Gasteiger partial charge on any atom is 0.210 e. The third kappa shape index (κ3) is 3.83. The highest BCUT2D eigenvalue weighted by atomic mass is 35.5. The van der Waals surface area contributed by atoms with Gasteiger partial charge in [-0.05, 0) is 29.3 Å². The van der Waals surface area contributed by atoms with Gasteiger partial charge in [-0.15, -0.1) is 10.2 Å². The Bertz CT molecular complexity index is 804. The zero-order valence-electron chi connectivity index (χ0n) is 12.1. The van der Waals surface area contributed by atoms with Gasteiger partial charge in [0, 0.05) is 17.2 Å². The summed E-state index contributed by atoms with van der Waals surface area (Å²) in [6, 6.07) is 14.1. The molecule has 0 fully saturated rings. The van der Waals surface area contributed by atoms with E-state index in [2.05, 4.69) is 10.2 Å². The average Bonchev–Trinajstić information content (AvgIpc) is 2.89. The van der Waals surface area contributed by atoms with Crippen LogP contribution in [0.3, 0.4) is 0 Å². The molecule has 0 aliphatic heterocycles. The van der Waals surface area contributed by atoms with Gasteiger partial charge in [0.2, 0.25) is 5.16 Å². The number of hydrogen-bond acceptors (Lipinski definition) is 4. The zero-order valence-corrected chi connectivity index (χ0v) is 13.7. The Labute approximate surface area is 142 Å². The number of nitrogen functional groups attached to an aromatic ring is 1. The van der Waals surface area contributed by atoms with Crippen LogP contribution in [0.2, 0.25) is 5.02 Å². The lowest BCUT2D eigenvalue weighted by atomic mass is 10.1. The largest absolute Gasteiger partial charge is 0.336 e. The predicted octanol–water partition coefficient (Wildman–Crippen LogP) is 3.67. The fourth-order valence-corrected chi connectivity index (χ4v) is 3.06. The van der Waals surface area contributed by atoms with Crippen molar-refractivity contribution in [3.05, 3.63) is 76.3 Å². The van der Waals surface area contributed by atoms with Crippen LogP contribution < -0.4 is 5.84 Å². The van der Waals surface area contributed by atoms with Gasteiger partial charge in [0.1, 0.15) is 5.82 Å². The highest BCUT2D eigenvalue weighted by Gasteiger charge is 2.12. The molecule has 0 radical (unpaired) electrons. The molecule has 0 aliphatic carbocycles. The summed E-state index contributed by atoms with van der Waals surface area (Å²) in [7, 11) is 0. The van der Waals surface area contributed by atoms with Gasteiger partial charge in [0.25, 0.3) is 0 Å². The lowest BCUT2D eigenvalue weighted by Crippen LogP contribution is -2.14. The van der Waals surface area contributed by atoms with Crippen LogP contribution in [0.5, 0.6) is 0 Å². The summed E-state index contributed by atoms with van der Waals surface area (Å²) in [5.41, 5.74) is 1.65. The quantitative estimate of drug-likeness (QED) is 0.564. The van der Waals surface area contributed by atoms with Crippen molar-refractivity contribution in [2.75, 3.05) is 5.84 Å². The molecule has 4 nitrogen and oxygen atoms in total. The van der Waals surface area contributed by atoms with E-state index in [0.29, 0.717) is 33.7 Å². The van der Waals surface area contributed by atoms with E-state index >= 15 is 0 Å². The highest BCUT2D eigenvalue weighted by Crippen LogP contribution is 2.22. The van der Waals surface area contributed by atoms with E-state index in [1.54, 1.807) is 18.2 Å². The molecule has 0 aliphatic rings. The second-order valence-corrected chi connectivity index (χ2v) is 6.33. The summed E-state index contributed by atoms with van der Waals surface area (Å²) in [6.07, 6.45) is 0.556. The number of halogens is 2. The van der Waals surface area contributed by atoms with Crippen molar-refractivity contribution in [3.63, 3.8) is 0 Å². The van der Waals surface area contributed by atoms with Crippen LogP contribution >= 0.6 is 23.4 Å². The molecular formula is C16H14ClFN4S.